The fourth-order valence-corrected chi connectivity index (χ4v) is 1.66. The minimum Gasteiger partial charge on any atom is -0.327 e. The number of aromatic nitrogens is 1. The quantitative estimate of drug-likeness (QED) is 0.828. The Morgan fingerprint density at radius 3 is 2.69 bits per heavy atom. The van der Waals surface area contributed by atoms with Crippen molar-refractivity contribution >= 4 is 11.3 Å². The molecule has 0 amide bonds. The molecule has 0 radical (unpaired) electrons. The van der Waals surface area contributed by atoms with Crippen molar-refractivity contribution in [3.63, 3.8) is 0 Å². The number of nitrogens with two attached hydrogens (primary N) is 1. The zero-order chi connectivity index (χ0) is 9.90. The zero-order valence-corrected chi connectivity index (χ0v) is 7.53. The lowest BCUT2D eigenvalue weighted by atomic mass is 10.1. The van der Waals surface area contributed by atoms with Crippen LogP contribution in [-0.2, 0) is 6.42 Å². The molecule has 1 atom stereocenters. The molecule has 1 aromatic heterocycles. The molecule has 0 saturated carbocycles. The van der Waals surface area contributed by atoms with Crippen molar-refractivity contribution in [2.24, 2.45) is 5.73 Å². The van der Waals surface area contributed by atoms with E-state index in [1.165, 1.54) is 11.3 Å². The largest absolute Gasteiger partial charge is 0.390 e. The monoisotopic (exact) mass is 210 g/mol. The number of rotatable bonds is 3. The molecule has 2 N–H and O–H groups in total. The van der Waals surface area contributed by atoms with Gasteiger partial charge in [-0.15, -0.1) is 11.3 Å². The molecule has 1 aromatic rings. The first-order chi connectivity index (χ1) is 5.97. The van der Waals surface area contributed by atoms with E-state index in [9.17, 15) is 13.2 Å². The van der Waals surface area contributed by atoms with Gasteiger partial charge in [-0.05, 0) is 6.42 Å². The summed E-state index contributed by atoms with van der Waals surface area (Å²) in [6.07, 6.45) is -3.33. The molecule has 2 nitrogen and oxygen atoms in total. The van der Waals surface area contributed by atoms with Crippen LogP contribution in [0.3, 0.4) is 0 Å². The molecule has 1 heterocycles. The van der Waals surface area contributed by atoms with Crippen LogP contribution in [0.1, 0.15) is 11.3 Å². The van der Waals surface area contributed by atoms with Crippen LogP contribution in [-0.4, -0.2) is 17.2 Å². The molecular formula is C7H9F3N2S. The van der Waals surface area contributed by atoms with Gasteiger partial charge in [0.25, 0.3) is 0 Å². The molecular weight excluding hydrogens is 201 g/mol. The molecule has 0 fully saturated rings. The predicted molar refractivity (Wildman–Crippen MR) is 44.5 cm³/mol. The Morgan fingerprint density at radius 2 is 2.23 bits per heavy atom. The van der Waals surface area contributed by atoms with Crippen molar-refractivity contribution < 1.29 is 13.2 Å². The maximum atomic E-state index is 11.8. The van der Waals surface area contributed by atoms with E-state index in [2.05, 4.69) is 4.98 Å². The number of halogens is 3. The van der Waals surface area contributed by atoms with Crippen LogP contribution in [0.25, 0.3) is 0 Å². The maximum Gasteiger partial charge on any atom is 0.390 e. The normalized spacial score (nSPS) is 14.5. The van der Waals surface area contributed by atoms with E-state index in [0.717, 1.165) is 4.88 Å². The second-order valence-electron chi connectivity index (χ2n) is 2.75. The number of alkyl halides is 3. The van der Waals surface area contributed by atoms with E-state index in [0.29, 0.717) is 0 Å². The van der Waals surface area contributed by atoms with Gasteiger partial charge in [-0.2, -0.15) is 13.2 Å². The summed E-state index contributed by atoms with van der Waals surface area (Å²) in [6.45, 7) is 0. The molecule has 0 aliphatic carbocycles. The smallest absolute Gasteiger partial charge is 0.327 e. The minimum atomic E-state index is -4.18. The third kappa shape index (κ3) is 4.23. The second kappa shape index (κ2) is 4.06. The van der Waals surface area contributed by atoms with Crippen LogP contribution in [0.4, 0.5) is 13.2 Å². The molecule has 0 spiro atoms. The van der Waals surface area contributed by atoms with Crippen molar-refractivity contribution in [2.45, 2.75) is 25.1 Å². The highest BCUT2D eigenvalue weighted by Crippen LogP contribution is 2.22. The van der Waals surface area contributed by atoms with Crippen molar-refractivity contribution in [1.29, 1.82) is 0 Å². The second-order valence-corrected chi connectivity index (χ2v) is 3.72. The predicted octanol–water partition coefficient (Wildman–Crippen LogP) is 1.97. The summed E-state index contributed by atoms with van der Waals surface area (Å²) >= 11 is 1.32. The fourth-order valence-electron chi connectivity index (χ4n) is 0.971. The summed E-state index contributed by atoms with van der Waals surface area (Å²) in [7, 11) is 0. The number of hydrogen-bond donors (Lipinski definition) is 1. The van der Waals surface area contributed by atoms with Crippen LogP contribution in [0.5, 0.6) is 0 Å². The summed E-state index contributed by atoms with van der Waals surface area (Å²) in [5.74, 6) is 0. The molecule has 0 bridgehead atoms. The molecule has 6 heteroatoms. The van der Waals surface area contributed by atoms with E-state index >= 15 is 0 Å². The highest BCUT2D eigenvalue weighted by atomic mass is 32.1. The van der Waals surface area contributed by atoms with Crippen molar-refractivity contribution in [3.8, 4) is 0 Å². The van der Waals surface area contributed by atoms with Gasteiger partial charge in [-0.3, -0.25) is 4.98 Å². The summed E-state index contributed by atoms with van der Waals surface area (Å²) in [4.78, 5) is 4.54. The first kappa shape index (κ1) is 10.5. The first-order valence-electron chi connectivity index (χ1n) is 3.67. The van der Waals surface area contributed by atoms with Crippen LogP contribution in [0.2, 0.25) is 0 Å². The summed E-state index contributed by atoms with van der Waals surface area (Å²) in [5, 5.41) is 0. The van der Waals surface area contributed by atoms with Crippen molar-refractivity contribution in [3.05, 3.63) is 16.6 Å². The van der Waals surface area contributed by atoms with Crippen LogP contribution < -0.4 is 5.73 Å². The maximum absolute atomic E-state index is 11.8. The van der Waals surface area contributed by atoms with Gasteiger partial charge in [0, 0.05) is 17.1 Å². The Morgan fingerprint density at radius 1 is 1.54 bits per heavy atom. The zero-order valence-electron chi connectivity index (χ0n) is 6.71. The lowest BCUT2D eigenvalue weighted by Crippen LogP contribution is -2.29. The van der Waals surface area contributed by atoms with Crippen LogP contribution in [0, 0.1) is 0 Å². The van der Waals surface area contributed by atoms with Gasteiger partial charge in [0.1, 0.15) is 0 Å². The Balaban J connectivity index is 2.38. The molecule has 0 aromatic carbocycles. The Kier molecular flexibility index (Phi) is 3.27. The number of thiazole rings is 1. The van der Waals surface area contributed by atoms with Gasteiger partial charge in [-0.1, -0.05) is 0 Å². The van der Waals surface area contributed by atoms with E-state index in [1.54, 1.807) is 11.7 Å². The van der Waals surface area contributed by atoms with E-state index in [-0.39, 0.29) is 6.42 Å². The van der Waals surface area contributed by atoms with Crippen molar-refractivity contribution in [1.82, 2.24) is 4.98 Å². The number of hydrogen-bond acceptors (Lipinski definition) is 3. The average molecular weight is 210 g/mol. The van der Waals surface area contributed by atoms with Gasteiger partial charge in [0.05, 0.1) is 11.9 Å². The first-order valence-corrected chi connectivity index (χ1v) is 4.55. The third-order valence-corrected chi connectivity index (χ3v) is 2.24. The highest BCUT2D eigenvalue weighted by Gasteiger charge is 2.30. The Labute approximate surface area is 77.6 Å². The topological polar surface area (TPSA) is 38.9 Å². The van der Waals surface area contributed by atoms with Gasteiger partial charge in [0.2, 0.25) is 0 Å². The fraction of sp³-hybridized carbons (Fsp3) is 0.571. The van der Waals surface area contributed by atoms with Gasteiger partial charge in [0.15, 0.2) is 0 Å². The summed E-state index contributed by atoms with van der Waals surface area (Å²) in [5.41, 5.74) is 6.89. The van der Waals surface area contributed by atoms with Gasteiger partial charge in [-0.25, -0.2) is 0 Å². The Hall–Kier alpha value is -0.620. The standard InChI is InChI=1S/C7H9F3N2S/c8-7(9,10)2-5(11)1-6-3-12-4-13-6/h3-5H,1-2,11H2. The highest BCUT2D eigenvalue weighted by molar-refractivity contribution is 7.09. The van der Waals surface area contributed by atoms with E-state index < -0.39 is 18.6 Å². The summed E-state index contributed by atoms with van der Waals surface area (Å²) in [6, 6.07) is -0.861. The molecule has 74 valence electrons. The molecule has 0 saturated heterocycles. The van der Waals surface area contributed by atoms with E-state index in [4.69, 9.17) is 5.73 Å². The Bertz CT molecular complexity index is 245. The lowest BCUT2D eigenvalue weighted by molar-refractivity contribution is -0.138. The summed E-state index contributed by atoms with van der Waals surface area (Å²) < 4.78 is 35.5. The average Bonchev–Trinajstić information content (AvgIpc) is 2.34. The van der Waals surface area contributed by atoms with Crippen LogP contribution >= 0.6 is 11.3 Å². The SMILES string of the molecule is NC(Cc1cncs1)CC(F)(F)F. The van der Waals surface area contributed by atoms with Gasteiger partial charge >= 0.3 is 6.18 Å². The number of nitrogens with zero attached hydrogens (tertiary/aromatic N) is 1. The third-order valence-electron chi connectivity index (χ3n) is 1.44. The van der Waals surface area contributed by atoms with E-state index in [1.807, 2.05) is 0 Å². The van der Waals surface area contributed by atoms with Crippen molar-refractivity contribution in [2.75, 3.05) is 0 Å². The molecule has 1 unspecified atom stereocenters. The molecule has 0 aliphatic rings. The molecule has 13 heavy (non-hydrogen) atoms. The van der Waals surface area contributed by atoms with Gasteiger partial charge < -0.3 is 5.73 Å². The van der Waals surface area contributed by atoms with Crippen LogP contribution in [0.15, 0.2) is 11.7 Å². The lowest BCUT2D eigenvalue weighted by Gasteiger charge is -2.12. The molecule has 0 aliphatic heterocycles. The minimum absolute atomic E-state index is 0.240. The molecule has 1 rings (SSSR count).